The topological polar surface area (TPSA) is 157 Å². The summed E-state index contributed by atoms with van der Waals surface area (Å²) in [4.78, 5) is 41.2. The molecule has 1 saturated heterocycles. The fraction of sp³-hybridized carbons (Fsp3) is 0.433. The number of hydrogen-bond acceptors (Lipinski definition) is 7. The van der Waals surface area contributed by atoms with E-state index >= 15 is 0 Å². The van der Waals surface area contributed by atoms with Gasteiger partial charge in [-0.2, -0.15) is 14.6 Å². The predicted molar refractivity (Wildman–Crippen MR) is 154 cm³/mol. The largest absolute Gasteiger partial charge is 0.480 e. The number of aliphatic carboxylic acids is 1. The lowest BCUT2D eigenvalue weighted by atomic mass is 10.00. The number of carboxylic acid groups (broad SMARTS) is 1. The molecule has 1 aliphatic heterocycles. The zero-order chi connectivity index (χ0) is 29.8. The van der Waals surface area contributed by atoms with E-state index in [1.165, 1.54) is 12.1 Å². The summed E-state index contributed by atoms with van der Waals surface area (Å²) in [6.07, 6.45) is 6.59. The summed E-state index contributed by atoms with van der Waals surface area (Å²) < 4.78 is 27.3. The summed E-state index contributed by atoms with van der Waals surface area (Å²) in [6.45, 7) is 2.00. The molecule has 2 N–H and O–H groups in total. The van der Waals surface area contributed by atoms with Gasteiger partial charge in [0.2, 0.25) is 22.1 Å². The Kier molecular flexibility index (Phi) is 11.7. The second-order valence-corrected chi connectivity index (χ2v) is 12.1. The highest BCUT2D eigenvalue weighted by Gasteiger charge is 2.40. The van der Waals surface area contributed by atoms with E-state index in [1.807, 2.05) is 6.92 Å². The van der Waals surface area contributed by atoms with Crippen molar-refractivity contribution < 1.29 is 27.9 Å². The number of amides is 1. The lowest BCUT2D eigenvalue weighted by molar-refractivity contribution is -0.142. The minimum Gasteiger partial charge on any atom is -0.480 e. The summed E-state index contributed by atoms with van der Waals surface area (Å²) >= 11 is 0. The first-order valence-corrected chi connectivity index (χ1v) is 15.2. The highest BCUT2D eigenvalue weighted by molar-refractivity contribution is 7.89. The number of hydrogen-bond donors (Lipinski definition) is 2. The Labute approximate surface area is 241 Å². The van der Waals surface area contributed by atoms with Crippen LogP contribution < -0.4 is 5.32 Å². The molecular weight excluding hydrogens is 544 g/mol. The number of carbonyl (C=O) groups is 3. The maximum Gasteiger partial charge on any atom is 0.326 e. The van der Waals surface area contributed by atoms with Gasteiger partial charge in [-0.3, -0.25) is 9.59 Å². The highest BCUT2D eigenvalue weighted by Crippen LogP contribution is 2.26. The molecule has 10 nitrogen and oxygen atoms in total. The van der Waals surface area contributed by atoms with Gasteiger partial charge in [0.25, 0.3) is 0 Å². The number of rotatable bonds is 15. The fourth-order valence-corrected chi connectivity index (χ4v) is 6.53. The van der Waals surface area contributed by atoms with Crippen LogP contribution in [0.2, 0.25) is 0 Å². The molecular formula is C30H36N4O6S. The second-order valence-electron chi connectivity index (χ2n) is 10.2. The van der Waals surface area contributed by atoms with E-state index in [4.69, 9.17) is 5.26 Å². The summed E-state index contributed by atoms with van der Waals surface area (Å²) in [5.41, 5.74) is 2.28. The Hall–Kier alpha value is -3.88. The lowest BCUT2D eigenvalue weighted by Crippen LogP contribution is -2.51. The molecule has 2 aromatic rings. The molecule has 1 heterocycles. The van der Waals surface area contributed by atoms with Crippen molar-refractivity contribution >= 4 is 33.4 Å². The summed E-state index contributed by atoms with van der Waals surface area (Å²) in [6, 6.07) is 12.7. The first kappa shape index (κ1) is 31.6. The van der Waals surface area contributed by atoms with E-state index in [-0.39, 0.29) is 30.1 Å². The Morgan fingerprint density at radius 3 is 2.37 bits per heavy atom. The number of ketones is 1. The number of nitrogens with zero attached hydrogens (tertiary/aromatic N) is 3. The summed E-state index contributed by atoms with van der Waals surface area (Å²) in [5, 5.41) is 20.8. The average molecular weight is 581 g/mol. The van der Waals surface area contributed by atoms with Gasteiger partial charge >= 0.3 is 5.97 Å². The van der Waals surface area contributed by atoms with Crippen LogP contribution in [0.5, 0.6) is 0 Å². The Morgan fingerprint density at radius 1 is 1.05 bits per heavy atom. The first-order chi connectivity index (χ1) is 19.6. The molecule has 11 heteroatoms. The van der Waals surface area contributed by atoms with Crippen molar-refractivity contribution in [2.24, 2.45) is 4.99 Å². The third kappa shape index (κ3) is 9.33. The third-order valence-corrected chi connectivity index (χ3v) is 8.99. The molecule has 0 bridgehead atoms. The van der Waals surface area contributed by atoms with Gasteiger partial charge < -0.3 is 10.4 Å². The van der Waals surface area contributed by atoms with Crippen LogP contribution in [0, 0.1) is 11.5 Å². The third-order valence-electron chi connectivity index (χ3n) is 7.07. The number of carbonyl (C=O) groups excluding carboxylic acids is 2. The highest BCUT2D eigenvalue weighted by atomic mass is 32.2. The number of sulfonamides is 1. The summed E-state index contributed by atoms with van der Waals surface area (Å²) in [7, 11) is -3.90. The van der Waals surface area contributed by atoms with Gasteiger partial charge in [-0.1, -0.05) is 48.9 Å². The van der Waals surface area contributed by atoms with Crippen LogP contribution in [-0.4, -0.2) is 59.8 Å². The van der Waals surface area contributed by atoms with Gasteiger partial charge in [0, 0.05) is 31.5 Å². The molecule has 2 aromatic carbocycles. The number of unbranched alkanes of at least 4 members (excludes halogenated alkanes) is 2. The second kappa shape index (κ2) is 15.2. The standard InChI is InChI=1S/C30H36N4O6S/c1-22(32-21-31)9-4-2-5-10-25(35)19-23-14-16-24(17-15-23)20-27(30(37)38)33-29(36)28-13-8-18-34(28)41(39,40)26-11-6-3-7-12-26/h3,6-7,11-12,14-17,27-28H,2,4-5,8-10,13,18-20H2,1H3,(H,33,36)(H,37,38)/t27-,28-/m0/s1. The van der Waals surface area contributed by atoms with E-state index in [1.54, 1.807) is 48.7 Å². The number of Topliss-reactive ketones (excluding diaryl/α,β-unsaturated/α-hetero) is 1. The number of nitrogens with one attached hydrogen (secondary N) is 1. The molecule has 3 rings (SSSR count). The molecule has 0 aromatic heterocycles. The Bertz CT molecular complexity index is 1380. The van der Waals surface area contributed by atoms with E-state index in [0.717, 1.165) is 41.3 Å². The monoisotopic (exact) mass is 580 g/mol. The van der Waals surface area contributed by atoms with Crippen LogP contribution in [-0.2, 0) is 37.2 Å². The lowest BCUT2D eigenvalue weighted by Gasteiger charge is -2.25. The van der Waals surface area contributed by atoms with E-state index in [0.29, 0.717) is 24.8 Å². The zero-order valence-electron chi connectivity index (χ0n) is 23.2. The molecule has 0 radical (unpaired) electrons. The van der Waals surface area contributed by atoms with Gasteiger partial charge in [0.15, 0.2) is 0 Å². The molecule has 1 fully saturated rings. The SMILES string of the molecule is CC(CCCCCC(=O)Cc1ccc(C[C@H](NC(=O)[C@@H]2CCCN2S(=O)(=O)c2ccccc2)C(=O)O)cc1)=NC#N. The van der Waals surface area contributed by atoms with Crippen molar-refractivity contribution in [3.05, 3.63) is 65.7 Å². The Balaban J connectivity index is 1.52. The predicted octanol–water partition coefficient (Wildman–Crippen LogP) is 3.66. The quantitative estimate of drug-likeness (QED) is 0.185. The van der Waals surface area contributed by atoms with E-state index in [9.17, 15) is 27.9 Å². The number of aliphatic imine (C=N–C) groups is 1. The molecule has 0 aliphatic carbocycles. The molecule has 0 unspecified atom stereocenters. The van der Waals surface area contributed by atoms with E-state index < -0.39 is 34.0 Å². The minimum absolute atomic E-state index is 0.0158. The molecule has 1 amide bonds. The Morgan fingerprint density at radius 2 is 1.71 bits per heavy atom. The van der Waals surface area contributed by atoms with Gasteiger partial charge in [0.1, 0.15) is 17.9 Å². The maximum absolute atomic E-state index is 13.1. The van der Waals surface area contributed by atoms with Crippen LogP contribution in [0.25, 0.3) is 0 Å². The van der Waals surface area contributed by atoms with Crippen LogP contribution in [0.3, 0.4) is 0 Å². The van der Waals surface area contributed by atoms with Crippen molar-refractivity contribution in [3.63, 3.8) is 0 Å². The zero-order valence-corrected chi connectivity index (χ0v) is 24.0. The van der Waals surface area contributed by atoms with Gasteiger partial charge in [0.05, 0.1) is 4.90 Å². The van der Waals surface area contributed by atoms with E-state index in [2.05, 4.69) is 10.3 Å². The molecule has 0 saturated carbocycles. The van der Waals surface area contributed by atoms with Crippen molar-refractivity contribution in [2.75, 3.05) is 6.54 Å². The number of carboxylic acids is 1. The normalized spacial score (nSPS) is 16.6. The summed E-state index contributed by atoms with van der Waals surface area (Å²) in [5.74, 6) is -1.74. The fourth-order valence-electron chi connectivity index (χ4n) is 4.85. The van der Waals surface area contributed by atoms with Crippen molar-refractivity contribution in [3.8, 4) is 6.19 Å². The molecule has 218 valence electrons. The molecule has 0 spiro atoms. The number of nitriles is 1. The molecule has 1 aliphatic rings. The van der Waals surface area contributed by atoms with Gasteiger partial charge in [-0.25, -0.2) is 13.2 Å². The first-order valence-electron chi connectivity index (χ1n) is 13.7. The van der Waals surface area contributed by atoms with Crippen molar-refractivity contribution in [2.45, 2.75) is 81.7 Å². The van der Waals surface area contributed by atoms with Crippen molar-refractivity contribution in [1.29, 1.82) is 5.26 Å². The minimum atomic E-state index is -3.90. The van der Waals surface area contributed by atoms with Crippen molar-refractivity contribution in [1.82, 2.24) is 9.62 Å². The average Bonchev–Trinajstić information content (AvgIpc) is 3.45. The van der Waals surface area contributed by atoms with Crippen LogP contribution in [0.15, 0.2) is 64.5 Å². The molecule has 41 heavy (non-hydrogen) atoms. The van der Waals surface area contributed by atoms with Crippen LogP contribution in [0.4, 0.5) is 0 Å². The van der Waals surface area contributed by atoms with Crippen LogP contribution >= 0.6 is 0 Å². The van der Waals surface area contributed by atoms with Gasteiger partial charge in [-0.05, 0) is 62.3 Å². The smallest absolute Gasteiger partial charge is 0.326 e. The van der Waals surface area contributed by atoms with Crippen LogP contribution in [0.1, 0.15) is 63.0 Å². The molecule has 2 atom stereocenters. The van der Waals surface area contributed by atoms with Gasteiger partial charge in [-0.15, -0.1) is 0 Å². The number of benzene rings is 2. The maximum atomic E-state index is 13.1.